The van der Waals surface area contributed by atoms with Gasteiger partial charge in [-0.25, -0.2) is 0 Å². The number of hydrogen-bond donors (Lipinski definition) is 2. The van der Waals surface area contributed by atoms with E-state index in [0.29, 0.717) is 25.7 Å². The lowest BCUT2D eigenvalue weighted by molar-refractivity contribution is -0.155. The van der Waals surface area contributed by atoms with Gasteiger partial charge in [-0.1, -0.05) is 34.6 Å². The molecule has 0 aromatic heterocycles. The van der Waals surface area contributed by atoms with E-state index in [0.717, 1.165) is 25.8 Å². The first kappa shape index (κ1) is 26.9. The van der Waals surface area contributed by atoms with Crippen LogP contribution in [-0.2, 0) is 9.59 Å². The van der Waals surface area contributed by atoms with Crippen LogP contribution < -0.4 is 0 Å². The van der Waals surface area contributed by atoms with Crippen LogP contribution in [0.3, 0.4) is 0 Å². The summed E-state index contributed by atoms with van der Waals surface area (Å²) in [6.07, 6.45) is 4.83. The second kappa shape index (κ2) is 10.1. The van der Waals surface area contributed by atoms with E-state index in [9.17, 15) is 19.8 Å². The molecule has 166 valence electrons. The van der Waals surface area contributed by atoms with Crippen molar-refractivity contribution in [2.24, 2.45) is 10.8 Å². The van der Waals surface area contributed by atoms with Gasteiger partial charge in [0.15, 0.2) is 0 Å². The Morgan fingerprint density at radius 1 is 0.679 bits per heavy atom. The highest BCUT2D eigenvalue weighted by molar-refractivity contribution is 5.74. The third kappa shape index (κ3) is 5.71. The number of aliphatic carboxylic acids is 2. The Morgan fingerprint density at radius 2 is 1.00 bits per heavy atom. The minimum atomic E-state index is -0.799. The van der Waals surface area contributed by atoms with Crippen molar-refractivity contribution in [3.05, 3.63) is 0 Å². The smallest absolute Gasteiger partial charge is 0.309 e. The summed E-state index contributed by atoms with van der Waals surface area (Å²) >= 11 is 0. The molecule has 4 atom stereocenters. The quantitative estimate of drug-likeness (QED) is 0.385. The van der Waals surface area contributed by atoms with E-state index >= 15 is 0 Å². The van der Waals surface area contributed by atoms with Gasteiger partial charge >= 0.3 is 11.9 Å². The molecule has 2 N–H and O–H groups in total. The zero-order valence-electron chi connectivity index (χ0n) is 19.8. The molecule has 0 saturated carbocycles. The number of rotatable bonds is 14. The third-order valence-electron chi connectivity index (χ3n) is 7.41. The fraction of sp³-hybridized carbons (Fsp3) is 0.913. The van der Waals surface area contributed by atoms with Crippen molar-refractivity contribution in [2.75, 3.05) is 6.54 Å². The zero-order valence-corrected chi connectivity index (χ0v) is 19.8. The first-order chi connectivity index (χ1) is 12.7. The molecule has 0 amide bonds. The van der Waals surface area contributed by atoms with Gasteiger partial charge in [0, 0.05) is 11.1 Å². The number of carboxylic acid groups (broad SMARTS) is 2. The Morgan fingerprint density at radius 3 is 1.18 bits per heavy atom. The summed E-state index contributed by atoms with van der Waals surface area (Å²) in [5.74, 6) is -1.51. The van der Waals surface area contributed by atoms with Crippen LogP contribution in [0.1, 0.15) is 107 Å². The van der Waals surface area contributed by atoms with Crippen LogP contribution in [0.4, 0.5) is 0 Å². The topological polar surface area (TPSA) is 77.8 Å². The summed E-state index contributed by atoms with van der Waals surface area (Å²) < 4.78 is 0. The highest BCUT2D eigenvalue weighted by Crippen LogP contribution is 2.45. The lowest BCUT2D eigenvalue weighted by Crippen LogP contribution is -2.61. The Labute approximate surface area is 172 Å². The molecule has 0 heterocycles. The van der Waals surface area contributed by atoms with Gasteiger partial charge in [-0.05, 0) is 79.2 Å². The van der Waals surface area contributed by atoms with E-state index in [-0.39, 0.29) is 11.1 Å². The monoisotopic (exact) mass is 399 g/mol. The molecule has 0 aromatic rings. The van der Waals surface area contributed by atoms with Gasteiger partial charge in [0.05, 0.1) is 10.8 Å². The molecule has 0 aliphatic carbocycles. The van der Waals surface area contributed by atoms with Crippen LogP contribution in [0.25, 0.3) is 0 Å². The molecule has 5 heteroatoms. The third-order valence-corrected chi connectivity index (χ3v) is 7.41. The first-order valence-corrected chi connectivity index (χ1v) is 11.0. The molecular weight excluding hydrogens is 354 g/mol. The van der Waals surface area contributed by atoms with Gasteiger partial charge in [-0.2, -0.15) is 0 Å². The maximum atomic E-state index is 12.0. The molecule has 0 bridgehead atoms. The van der Waals surface area contributed by atoms with Gasteiger partial charge in [-0.15, -0.1) is 0 Å². The van der Waals surface area contributed by atoms with Crippen molar-refractivity contribution >= 4 is 11.9 Å². The summed E-state index contributed by atoms with van der Waals surface area (Å²) in [6.45, 7) is 19.1. The second-order valence-electron chi connectivity index (χ2n) is 9.64. The highest BCUT2D eigenvalue weighted by Gasteiger charge is 2.49. The Kier molecular flexibility index (Phi) is 9.69. The Balaban J connectivity index is 6.27. The number of carboxylic acids is 2. The standard InChI is InChI=1S/C23H45NO4/c1-10-15-24(22(8,13-4)16-20(6,11-2)18(25)26)23(9,14-5)17-21(7,12-3)19(27)28/h10-17H2,1-9H3,(H,25,26)(H,27,28). The molecule has 4 unspecified atom stereocenters. The fourth-order valence-corrected chi connectivity index (χ4v) is 4.62. The van der Waals surface area contributed by atoms with Crippen molar-refractivity contribution in [1.82, 2.24) is 4.90 Å². The van der Waals surface area contributed by atoms with Crippen molar-refractivity contribution in [1.29, 1.82) is 0 Å². The summed E-state index contributed by atoms with van der Waals surface area (Å²) in [5.41, 5.74) is -2.24. The Hall–Kier alpha value is -1.10. The van der Waals surface area contributed by atoms with Gasteiger partial charge in [0.25, 0.3) is 0 Å². The molecule has 0 saturated heterocycles. The van der Waals surface area contributed by atoms with Crippen LogP contribution in [0.15, 0.2) is 0 Å². The highest BCUT2D eigenvalue weighted by atomic mass is 16.4. The lowest BCUT2D eigenvalue weighted by Gasteiger charge is -2.55. The van der Waals surface area contributed by atoms with Crippen LogP contribution in [0, 0.1) is 10.8 Å². The number of carbonyl (C=O) groups is 2. The molecule has 0 aromatic carbocycles. The molecule has 0 rings (SSSR count). The van der Waals surface area contributed by atoms with E-state index in [1.807, 2.05) is 27.7 Å². The van der Waals surface area contributed by atoms with E-state index in [1.54, 1.807) is 0 Å². The molecular formula is C23H45NO4. The lowest BCUT2D eigenvalue weighted by atomic mass is 9.69. The van der Waals surface area contributed by atoms with Crippen molar-refractivity contribution < 1.29 is 19.8 Å². The summed E-state index contributed by atoms with van der Waals surface area (Å²) in [4.78, 5) is 26.5. The summed E-state index contributed by atoms with van der Waals surface area (Å²) in [5, 5.41) is 19.7. The molecule has 28 heavy (non-hydrogen) atoms. The minimum absolute atomic E-state index is 0.322. The largest absolute Gasteiger partial charge is 0.481 e. The van der Waals surface area contributed by atoms with Crippen molar-refractivity contribution in [2.45, 2.75) is 118 Å². The average molecular weight is 400 g/mol. The number of nitrogens with zero attached hydrogens (tertiary/aromatic N) is 1. The van der Waals surface area contributed by atoms with Crippen LogP contribution in [0.2, 0.25) is 0 Å². The van der Waals surface area contributed by atoms with Gasteiger partial charge in [0.1, 0.15) is 0 Å². The molecule has 0 aliphatic rings. The zero-order chi connectivity index (χ0) is 22.4. The van der Waals surface area contributed by atoms with E-state index in [2.05, 4.69) is 39.5 Å². The van der Waals surface area contributed by atoms with Gasteiger partial charge < -0.3 is 10.2 Å². The second-order valence-corrected chi connectivity index (χ2v) is 9.64. The van der Waals surface area contributed by atoms with Crippen LogP contribution in [-0.4, -0.2) is 44.7 Å². The number of hydrogen-bond acceptors (Lipinski definition) is 3. The van der Waals surface area contributed by atoms with Crippen LogP contribution in [0.5, 0.6) is 0 Å². The van der Waals surface area contributed by atoms with E-state index in [1.165, 1.54) is 0 Å². The predicted octanol–water partition coefficient (Wildman–Crippen LogP) is 5.82. The van der Waals surface area contributed by atoms with Crippen molar-refractivity contribution in [3.63, 3.8) is 0 Å². The minimum Gasteiger partial charge on any atom is -0.481 e. The predicted molar refractivity (Wildman–Crippen MR) is 116 cm³/mol. The van der Waals surface area contributed by atoms with Gasteiger partial charge in [-0.3, -0.25) is 14.5 Å². The maximum Gasteiger partial charge on any atom is 0.309 e. The maximum absolute atomic E-state index is 12.0. The van der Waals surface area contributed by atoms with Crippen molar-refractivity contribution in [3.8, 4) is 0 Å². The molecule has 0 spiro atoms. The summed E-state index contributed by atoms with van der Waals surface area (Å²) in [7, 11) is 0. The molecule has 0 aliphatic heterocycles. The van der Waals surface area contributed by atoms with Gasteiger partial charge in [0.2, 0.25) is 0 Å². The fourth-order valence-electron chi connectivity index (χ4n) is 4.62. The average Bonchev–Trinajstić information content (AvgIpc) is 2.65. The SMILES string of the molecule is CCCN(C(C)(CC)CC(C)(CC)C(=O)O)C(C)(CC)CC(C)(CC)C(=O)O. The first-order valence-electron chi connectivity index (χ1n) is 11.0. The Bertz CT molecular complexity index is 493. The molecule has 5 nitrogen and oxygen atoms in total. The normalized spacial score (nSPS) is 20.6. The van der Waals surface area contributed by atoms with E-state index in [4.69, 9.17) is 0 Å². The summed E-state index contributed by atoms with van der Waals surface area (Å²) in [6, 6.07) is 0. The molecule has 0 fully saturated rings. The van der Waals surface area contributed by atoms with E-state index < -0.39 is 22.8 Å². The van der Waals surface area contributed by atoms with Crippen LogP contribution >= 0.6 is 0 Å². The molecule has 0 radical (unpaired) electrons.